The molecule has 104 valence electrons. The van der Waals surface area contributed by atoms with Crippen molar-refractivity contribution in [1.82, 2.24) is 14.5 Å². The molecule has 0 amide bonds. The van der Waals surface area contributed by atoms with E-state index < -0.39 is 5.97 Å². The number of imidazole rings is 1. The third kappa shape index (κ3) is 2.10. The van der Waals surface area contributed by atoms with Gasteiger partial charge in [-0.3, -0.25) is 0 Å². The fourth-order valence-electron chi connectivity index (χ4n) is 3.24. The minimum Gasteiger partial charge on any atom is -0.461 e. The highest BCUT2D eigenvalue weighted by Gasteiger charge is 2.36. The third-order valence-electron chi connectivity index (χ3n) is 4.28. The summed E-state index contributed by atoms with van der Waals surface area (Å²) in [6.45, 7) is 5.48. The highest BCUT2D eigenvalue weighted by Crippen LogP contribution is 2.37. The Bertz CT molecular complexity index is 477. The molecule has 6 heteroatoms. The molecule has 1 unspecified atom stereocenters. The zero-order valence-electron chi connectivity index (χ0n) is 11.2. The lowest BCUT2D eigenvalue weighted by molar-refractivity contribution is 0.0518. The van der Waals surface area contributed by atoms with Gasteiger partial charge in [0.15, 0.2) is 5.69 Å². The van der Waals surface area contributed by atoms with E-state index in [4.69, 9.17) is 10.5 Å². The molecular formula is C13H20N4O2. The number of fused-ring (bicyclic) bond motifs is 3. The lowest BCUT2D eigenvalue weighted by atomic mass is 9.84. The summed E-state index contributed by atoms with van der Waals surface area (Å²) in [5.74, 6) is 0.661. The van der Waals surface area contributed by atoms with Crippen molar-refractivity contribution >= 4 is 11.8 Å². The van der Waals surface area contributed by atoms with Gasteiger partial charge in [-0.05, 0) is 38.8 Å². The van der Waals surface area contributed by atoms with Crippen LogP contribution in [0.3, 0.4) is 0 Å². The van der Waals surface area contributed by atoms with E-state index in [1.807, 2.05) is 4.57 Å². The van der Waals surface area contributed by atoms with Crippen LogP contribution in [0.25, 0.3) is 0 Å². The molecule has 1 aromatic heterocycles. The van der Waals surface area contributed by atoms with E-state index in [-0.39, 0.29) is 5.69 Å². The van der Waals surface area contributed by atoms with Crippen LogP contribution in [0.4, 0.5) is 5.82 Å². The van der Waals surface area contributed by atoms with Crippen LogP contribution in [0, 0.1) is 5.92 Å². The maximum atomic E-state index is 11.7. The fraction of sp³-hybridized carbons (Fsp3) is 0.692. The van der Waals surface area contributed by atoms with Gasteiger partial charge >= 0.3 is 5.97 Å². The van der Waals surface area contributed by atoms with Crippen molar-refractivity contribution in [1.29, 1.82) is 0 Å². The standard InChI is InChI=1S/C13H20N4O2/c1-2-19-13(18)11-12(14)17(8-15-11)10-7-16-5-3-9(10)4-6-16/h8-10H,2-7,14H2,1H3. The number of esters is 1. The first-order valence-electron chi connectivity index (χ1n) is 6.92. The quantitative estimate of drug-likeness (QED) is 0.821. The summed E-state index contributed by atoms with van der Waals surface area (Å²) in [7, 11) is 0. The Morgan fingerprint density at radius 1 is 1.53 bits per heavy atom. The van der Waals surface area contributed by atoms with Crippen molar-refractivity contribution in [2.24, 2.45) is 5.92 Å². The third-order valence-corrected chi connectivity index (χ3v) is 4.28. The first kappa shape index (κ1) is 12.5. The van der Waals surface area contributed by atoms with E-state index in [2.05, 4.69) is 9.88 Å². The van der Waals surface area contributed by atoms with Crippen molar-refractivity contribution < 1.29 is 9.53 Å². The molecule has 0 aromatic carbocycles. The first-order chi connectivity index (χ1) is 9.20. The summed E-state index contributed by atoms with van der Waals surface area (Å²) >= 11 is 0. The number of nitrogen functional groups attached to an aromatic ring is 1. The maximum absolute atomic E-state index is 11.7. The minimum absolute atomic E-state index is 0.248. The highest BCUT2D eigenvalue weighted by atomic mass is 16.5. The topological polar surface area (TPSA) is 73.4 Å². The number of rotatable bonds is 3. The molecule has 3 aliphatic rings. The van der Waals surface area contributed by atoms with Gasteiger partial charge in [-0.15, -0.1) is 0 Å². The lowest BCUT2D eigenvalue weighted by Gasteiger charge is -2.45. The van der Waals surface area contributed by atoms with E-state index in [1.54, 1.807) is 13.3 Å². The number of carbonyl (C=O) groups excluding carboxylic acids is 1. The zero-order valence-corrected chi connectivity index (χ0v) is 11.2. The summed E-state index contributed by atoms with van der Waals surface area (Å²) in [6, 6.07) is 0.346. The second kappa shape index (κ2) is 4.85. The van der Waals surface area contributed by atoms with Crippen LogP contribution in [0.5, 0.6) is 0 Å². The summed E-state index contributed by atoms with van der Waals surface area (Å²) < 4.78 is 6.93. The van der Waals surface area contributed by atoms with Crippen LogP contribution < -0.4 is 5.73 Å². The first-order valence-corrected chi connectivity index (χ1v) is 6.92. The fourth-order valence-corrected chi connectivity index (χ4v) is 3.24. The number of nitrogens with two attached hydrogens (primary N) is 1. The monoisotopic (exact) mass is 264 g/mol. The van der Waals surface area contributed by atoms with Crippen LogP contribution in [0.2, 0.25) is 0 Å². The van der Waals surface area contributed by atoms with Crippen LogP contribution in [0.1, 0.15) is 36.3 Å². The molecule has 1 aromatic rings. The molecule has 4 rings (SSSR count). The van der Waals surface area contributed by atoms with Gasteiger partial charge in [-0.1, -0.05) is 0 Å². The molecule has 3 aliphatic heterocycles. The number of ether oxygens (including phenoxy) is 1. The van der Waals surface area contributed by atoms with Gasteiger partial charge in [0.05, 0.1) is 19.0 Å². The van der Waals surface area contributed by atoms with E-state index in [9.17, 15) is 4.79 Å². The number of piperidine rings is 3. The Morgan fingerprint density at radius 2 is 2.26 bits per heavy atom. The van der Waals surface area contributed by atoms with Crippen LogP contribution >= 0.6 is 0 Å². The molecule has 6 nitrogen and oxygen atoms in total. The Kier molecular flexibility index (Phi) is 3.18. The van der Waals surface area contributed by atoms with E-state index in [1.165, 1.54) is 25.9 Å². The Labute approximate surface area is 112 Å². The van der Waals surface area contributed by atoms with Gasteiger partial charge in [0.1, 0.15) is 5.82 Å². The van der Waals surface area contributed by atoms with Crippen molar-refractivity contribution in [2.45, 2.75) is 25.8 Å². The molecule has 3 fully saturated rings. The molecular weight excluding hydrogens is 244 g/mol. The lowest BCUT2D eigenvalue weighted by Crippen LogP contribution is -2.48. The number of nitrogens with zero attached hydrogens (tertiary/aromatic N) is 3. The maximum Gasteiger partial charge on any atom is 0.360 e. The van der Waals surface area contributed by atoms with Gasteiger partial charge in [0.2, 0.25) is 0 Å². The second-order valence-corrected chi connectivity index (χ2v) is 5.31. The van der Waals surface area contributed by atoms with E-state index in [0.29, 0.717) is 24.4 Å². The number of hydrogen-bond acceptors (Lipinski definition) is 5. The second-order valence-electron chi connectivity index (χ2n) is 5.31. The summed E-state index contributed by atoms with van der Waals surface area (Å²) in [6.07, 6.45) is 4.10. The normalized spacial score (nSPS) is 29.4. The van der Waals surface area contributed by atoms with Crippen molar-refractivity contribution in [3.05, 3.63) is 12.0 Å². The number of aromatic nitrogens is 2. The SMILES string of the molecule is CCOC(=O)c1ncn(C2CN3CCC2CC3)c1N. The van der Waals surface area contributed by atoms with Gasteiger partial charge in [0.25, 0.3) is 0 Å². The van der Waals surface area contributed by atoms with Gasteiger partial charge in [-0.25, -0.2) is 9.78 Å². The van der Waals surface area contributed by atoms with Gasteiger partial charge in [0, 0.05) is 6.54 Å². The zero-order chi connectivity index (χ0) is 13.4. The predicted octanol–water partition coefficient (Wildman–Crippen LogP) is 0.909. The summed E-state index contributed by atoms with van der Waals surface area (Å²) in [4.78, 5) is 18.3. The highest BCUT2D eigenvalue weighted by molar-refractivity contribution is 5.92. The number of carbonyl (C=O) groups is 1. The molecule has 0 radical (unpaired) electrons. The van der Waals surface area contributed by atoms with Crippen LogP contribution in [0.15, 0.2) is 6.33 Å². The number of hydrogen-bond donors (Lipinski definition) is 1. The minimum atomic E-state index is -0.431. The molecule has 0 aliphatic carbocycles. The van der Waals surface area contributed by atoms with Crippen LogP contribution in [-0.4, -0.2) is 46.7 Å². The van der Waals surface area contributed by atoms with Crippen molar-refractivity contribution in [3.63, 3.8) is 0 Å². The van der Waals surface area contributed by atoms with E-state index in [0.717, 1.165) is 6.54 Å². The Morgan fingerprint density at radius 3 is 2.84 bits per heavy atom. The molecule has 3 saturated heterocycles. The molecule has 4 heterocycles. The van der Waals surface area contributed by atoms with Gasteiger partial charge in [-0.2, -0.15) is 0 Å². The van der Waals surface area contributed by atoms with E-state index >= 15 is 0 Å². The summed E-state index contributed by atoms with van der Waals surface area (Å²) in [5, 5.41) is 0. The Balaban J connectivity index is 1.84. The number of anilines is 1. The molecule has 2 N–H and O–H groups in total. The molecule has 0 spiro atoms. The van der Waals surface area contributed by atoms with Gasteiger partial charge < -0.3 is 19.9 Å². The van der Waals surface area contributed by atoms with Crippen LogP contribution in [-0.2, 0) is 4.74 Å². The smallest absolute Gasteiger partial charge is 0.360 e. The predicted molar refractivity (Wildman–Crippen MR) is 70.8 cm³/mol. The average molecular weight is 264 g/mol. The molecule has 1 atom stereocenters. The molecule has 19 heavy (non-hydrogen) atoms. The summed E-state index contributed by atoms with van der Waals surface area (Å²) in [5.41, 5.74) is 6.33. The van der Waals surface area contributed by atoms with Crippen molar-refractivity contribution in [2.75, 3.05) is 32.0 Å². The molecule has 2 bridgehead atoms. The average Bonchev–Trinajstić information content (AvgIpc) is 2.82. The Hall–Kier alpha value is -1.56. The largest absolute Gasteiger partial charge is 0.461 e. The van der Waals surface area contributed by atoms with Crippen molar-refractivity contribution in [3.8, 4) is 0 Å². The molecule has 0 saturated carbocycles.